The van der Waals surface area contributed by atoms with E-state index in [1.54, 1.807) is 24.0 Å². The number of fused-ring (bicyclic) bond motifs is 1. The number of nitrogens with zero attached hydrogens (tertiary/aromatic N) is 2. The molecule has 6 heteroatoms. The van der Waals surface area contributed by atoms with E-state index in [4.69, 9.17) is 26.8 Å². The number of nitrogens with two attached hydrogens (primary N) is 1. The van der Waals surface area contributed by atoms with Gasteiger partial charge in [-0.3, -0.25) is 4.68 Å². The summed E-state index contributed by atoms with van der Waals surface area (Å²) in [5.74, 6) is 1.56. The molecule has 1 saturated carbocycles. The van der Waals surface area contributed by atoms with Crippen molar-refractivity contribution in [1.82, 2.24) is 9.78 Å². The Morgan fingerprint density at radius 1 is 1.25 bits per heavy atom. The number of hydrogen-bond donors (Lipinski definition) is 1. The highest BCUT2D eigenvalue weighted by atomic mass is 35.5. The number of anilines is 1. The Kier molecular flexibility index (Phi) is 2.27. The topological polar surface area (TPSA) is 62.3 Å². The quantitative estimate of drug-likeness (QED) is 0.877. The number of ether oxygens (including phenoxy) is 2. The monoisotopic (exact) mass is 291 g/mol. The molecule has 1 spiro atoms. The third-order valence-electron chi connectivity index (χ3n) is 4.02. The van der Waals surface area contributed by atoms with Crippen LogP contribution in [-0.2, 0) is 7.05 Å². The molecule has 5 nitrogen and oxygen atoms in total. The smallest absolute Gasteiger partial charge is 0.251 e. The van der Waals surface area contributed by atoms with Crippen molar-refractivity contribution in [3.63, 3.8) is 0 Å². The second-order valence-electron chi connectivity index (χ2n) is 5.31. The maximum absolute atomic E-state index is 6.35. The number of halogens is 1. The number of aryl methyl sites for hydroxylation is 1. The molecule has 0 amide bonds. The first-order chi connectivity index (χ1) is 9.58. The lowest BCUT2D eigenvalue weighted by molar-refractivity contribution is -0.138. The Balaban J connectivity index is 1.80. The summed E-state index contributed by atoms with van der Waals surface area (Å²) in [5.41, 5.74) is 7.63. The average molecular weight is 292 g/mol. The largest absolute Gasteiger partial charge is 0.448 e. The van der Waals surface area contributed by atoms with E-state index in [1.165, 1.54) is 0 Å². The van der Waals surface area contributed by atoms with Gasteiger partial charge in [0.2, 0.25) is 0 Å². The van der Waals surface area contributed by atoms with Crippen molar-refractivity contribution in [2.45, 2.75) is 25.0 Å². The van der Waals surface area contributed by atoms with Crippen LogP contribution in [0.25, 0.3) is 11.1 Å². The molecule has 1 aliphatic heterocycles. The molecular formula is C14H14ClN3O2. The highest BCUT2D eigenvalue weighted by Crippen LogP contribution is 2.51. The van der Waals surface area contributed by atoms with Crippen LogP contribution in [0.4, 0.5) is 5.82 Å². The van der Waals surface area contributed by atoms with Crippen molar-refractivity contribution in [3.05, 3.63) is 23.4 Å². The van der Waals surface area contributed by atoms with Crippen molar-refractivity contribution in [2.75, 3.05) is 5.73 Å². The summed E-state index contributed by atoms with van der Waals surface area (Å²) < 4.78 is 13.4. The number of hydrogen-bond acceptors (Lipinski definition) is 4. The maximum Gasteiger partial charge on any atom is 0.251 e. The molecule has 0 radical (unpaired) electrons. The summed E-state index contributed by atoms with van der Waals surface area (Å²) in [7, 11) is 1.79. The fourth-order valence-electron chi connectivity index (χ4n) is 2.65. The zero-order chi connectivity index (χ0) is 13.9. The summed E-state index contributed by atoms with van der Waals surface area (Å²) >= 11 is 6.35. The van der Waals surface area contributed by atoms with E-state index >= 15 is 0 Å². The van der Waals surface area contributed by atoms with Gasteiger partial charge >= 0.3 is 0 Å². The predicted octanol–water partition coefficient (Wildman–Crippen LogP) is 2.97. The molecule has 1 aromatic heterocycles. The average Bonchev–Trinajstić information content (AvgIpc) is 2.90. The molecule has 2 N–H and O–H groups in total. The molecule has 0 saturated heterocycles. The van der Waals surface area contributed by atoms with E-state index in [9.17, 15) is 0 Å². The van der Waals surface area contributed by atoms with Gasteiger partial charge in [0.1, 0.15) is 5.82 Å². The summed E-state index contributed by atoms with van der Waals surface area (Å²) in [4.78, 5) is 0. The normalized spacial score (nSPS) is 18.3. The van der Waals surface area contributed by atoms with Crippen molar-refractivity contribution in [2.24, 2.45) is 7.05 Å². The summed E-state index contributed by atoms with van der Waals surface area (Å²) in [6, 6.07) is 3.68. The van der Waals surface area contributed by atoms with Crippen molar-refractivity contribution < 1.29 is 9.47 Å². The van der Waals surface area contributed by atoms with Crippen LogP contribution >= 0.6 is 11.6 Å². The van der Waals surface area contributed by atoms with Crippen LogP contribution in [0.15, 0.2) is 18.3 Å². The fourth-order valence-corrected chi connectivity index (χ4v) is 2.90. The lowest BCUT2D eigenvalue weighted by Gasteiger charge is -2.35. The predicted molar refractivity (Wildman–Crippen MR) is 75.9 cm³/mol. The molecule has 0 unspecified atom stereocenters. The standard InChI is InChI=1S/C14H14ClN3O2/c1-18-13(16)9(7-17-18)8-5-11-12(6-10(8)15)20-14(19-11)3-2-4-14/h5-7H,2-4,16H2,1H3. The van der Waals surface area contributed by atoms with Crippen LogP contribution in [0.5, 0.6) is 11.5 Å². The molecule has 4 rings (SSSR count). The van der Waals surface area contributed by atoms with Gasteiger partial charge in [-0.2, -0.15) is 5.10 Å². The maximum atomic E-state index is 6.35. The molecule has 104 valence electrons. The molecule has 2 aliphatic rings. The van der Waals surface area contributed by atoms with Gasteiger partial charge in [-0.15, -0.1) is 0 Å². The zero-order valence-electron chi connectivity index (χ0n) is 11.0. The molecule has 1 fully saturated rings. The third-order valence-corrected chi connectivity index (χ3v) is 4.33. The first kappa shape index (κ1) is 11.9. The van der Waals surface area contributed by atoms with E-state index in [2.05, 4.69) is 5.10 Å². The minimum atomic E-state index is -0.454. The van der Waals surface area contributed by atoms with E-state index in [0.29, 0.717) is 16.6 Å². The first-order valence-corrected chi connectivity index (χ1v) is 6.95. The molecule has 1 aromatic carbocycles. The van der Waals surface area contributed by atoms with Gasteiger partial charge in [-0.1, -0.05) is 11.6 Å². The number of benzene rings is 1. The van der Waals surface area contributed by atoms with E-state index < -0.39 is 5.79 Å². The van der Waals surface area contributed by atoms with E-state index in [1.807, 2.05) is 6.07 Å². The second-order valence-corrected chi connectivity index (χ2v) is 5.72. The van der Waals surface area contributed by atoms with Crippen LogP contribution in [0.1, 0.15) is 19.3 Å². The van der Waals surface area contributed by atoms with Gasteiger partial charge in [-0.25, -0.2) is 0 Å². The number of aromatic nitrogens is 2. The molecule has 20 heavy (non-hydrogen) atoms. The van der Waals surface area contributed by atoms with Crippen LogP contribution in [-0.4, -0.2) is 15.6 Å². The van der Waals surface area contributed by atoms with Crippen LogP contribution < -0.4 is 15.2 Å². The number of nitrogen functional groups attached to an aromatic ring is 1. The third kappa shape index (κ3) is 1.53. The van der Waals surface area contributed by atoms with Gasteiger partial charge in [-0.05, 0) is 12.5 Å². The van der Waals surface area contributed by atoms with Gasteiger partial charge in [0.25, 0.3) is 5.79 Å². The minimum Gasteiger partial charge on any atom is -0.448 e. The zero-order valence-corrected chi connectivity index (χ0v) is 11.8. The Morgan fingerprint density at radius 3 is 2.50 bits per heavy atom. The first-order valence-electron chi connectivity index (χ1n) is 6.57. The highest BCUT2D eigenvalue weighted by Gasteiger charge is 2.47. The van der Waals surface area contributed by atoms with Crippen molar-refractivity contribution in [1.29, 1.82) is 0 Å². The molecule has 1 aliphatic carbocycles. The van der Waals surface area contributed by atoms with Gasteiger partial charge < -0.3 is 15.2 Å². The Morgan fingerprint density at radius 2 is 1.95 bits per heavy atom. The van der Waals surface area contributed by atoms with Crippen LogP contribution in [0.2, 0.25) is 5.02 Å². The molecule has 0 atom stereocenters. The molecule has 2 heterocycles. The lowest BCUT2D eigenvalue weighted by atomic mass is 9.91. The molecular weight excluding hydrogens is 278 g/mol. The van der Waals surface area contributed by atoms with Gasteiger partial charge in [0.05, 0.1) is 11.2 Å². The summed E-state index contributed by atoms with van der Waals surface area (Å²) in [6.45, 7) is 0. The van der Waals surface area contributed by atoms with Crippen LogP contribution in [0, 0.1) is 0 Å². The number of rotatable bonds is 1. The molecule has 0 bridgehead atoms. The lowest BCUT2D eigenvalue weighted by Crippen LogP contribution is -2.45. The van der Waals surface area contributed by atoms with Crippen molar-refractivity contribution >= 4 is 17.4 Å². The van der Waals surface area contributed by atoms with Gasteiger partial charge in [0, 0.05) is 37.1 Å². The van der Waals surface area contributed by atoms with E-state index in [0.717, 1.165) is 36.1 Å². The highest BCUT2D eigenvalue weighted by molar-refractivity contribution is 6.33. The SMILES string of the molecule is Cn1ncc(-c2cc3c(cc2Cl)OC2(CCC2)O3)c1N. The van der Waals surface area contributed by atoms with E-state index in [-0.39, 0.29) is 0 Å². The summed E-state index contributed by atoms with van der Waals surface area (Å²) in [5, 5.41) is 4.73. The minimum absolute atomic E-state index is 0.454. The second kappa shape index (κ2) is 3.82. The fraction of sp³-hybridized carbons (Fsp3) is 0.357. The van der Waals surface area contributed by atoms with Crippen LogP contribution in [0.3, 0.4) is 0 Å². The Labute approximate surface area is 121 Å². The Bertz CT molecular complexity index is 707. The Hall–Kier alpha value is -1.88. The van der Waals surface area contributed by atoms with Gasteiger partial charge in [0.15, 0.2) is 11.5 Å². The van der Waals surface area contributed by atoms with Crippen molar-refractivity contribution in [3.8, 4) is 22.6 Å². The summed E-state index contributed by atoms with van der Waals surface area (Å²) in [6.07, 6.45) is 4.68. The molecule has 2 aromatic rings.